The van der Waals surface area contributed by atoms with Gasteiger partial charge in [-0.3, -0.25) is 4.79 Å². The van der Waals surface area contributed by atoms with Crippen LogP contribution in [0.15, 0.2) is 17.3 Å². The first kappa shape index (κ1) is 8.31. The first-order valence-electron chi connectivity index (χ1n) is 3.34. The summed E-state index contributed by atoms with van der Waals surface area (Å²) in [6, 6.07) is 1.92. The van der Waals surface area contributed by atoms with E-state index in [1.54, 1.807) is 6.20 Å². The zero-order valence-corrected chi connectivity index (χ0v) is 8.98. The van der Waals surface area contributed by atoms with Crippen molar-refractivity contribution in [2.24, 2.45) is 0 Å². The number of hydrogen-bond donors (Lipinski definition) is 1. The van der Waals surface area contributed by atoms with Crippen molar-refractivity contribution in [3.05, 3.63) is 15.8 Å². The Morgan fingerprint density at radius 1 is 1.67 bits per heavy atom. The molecular weight excluding hydrogens is 287 g/mol. The van der Waals surface area contributed by atoms with Crippen molar-refractivity contribution < 1.29 is 4.79 Å². The molecule has 1 aromatic rings. The van der Waals surface area contributed by atoms with E-state index in [9.17, 15) is 4.79 Å². The van der Waals surface area contributed by atoms with Crippen LogP contribution in [0.25, 0.3) is 0 Å². The van der Waals surface area contributed by atoms with Gasteiger partial charge < -0.3 is 5.32 Å². The summed E-state index contributed by atoms with van der Waals surface area (Å²) >= 11 is 3.65. The Bertz CT molecular complexity index is 342. The third kappa shape index (κ3) is 1.56. The number of nitrogens with zero attached hydrogens (tertiary/aromatic N) is 1. The molecule has 2 rings (SSSR count). The fourth-order valence-corrected chi connectivity index (χ4v) is 2.13. The summed E-state index contributed by atoms with van der Waals surface area (Å²) in [7, 11) is 0. The quantitative estimate of drug-likeness (QED) is 0.740. The van der Waals surface area contributed by atoms with Crippen LogP contribution < -0.4 is 5.32 Å². The lowest BCUT2D eigenvalue weighted by Crippen LogP contribution is -2.19. The van der Waals surface area contributed by atoms with Gasteiger partial charge in [-0.15, -0.1) is 0 Å². The molecule has 1 aliphatic rings. The van der Waals surface area contributed by atoms with Crippen molar-refractivity contribution in [1.29, 1.82) is 0 Å². The SMILES string of the molecule is O=C1CSc2ncc(I)cc2N1. The molecule has 1 aliphatic heterocycles. The second kappa shape index (κ2) is 3.21. The number of carbonyl (C=O) groups is 1. The second-order valence-electron chi connectivity index (χ2n) is 2.34. The summed E-state index contributed by atoms with van der Waals surface area (Å²) < 4.78 is 1.04. The largest absolute Gasteiger partial charge is 0.323 e. The van der Waals surface area contributed by atoms with Gasteiger partial charge in [-0.05, 0) is 28.7 Å². The van der Waals surface area contributed by atoms with Crippen molar-refractivity contribution in [3.63, 3.8) is 0 Å². The van der Waals surface area contributed by atoms with Crippen LogP contribution in [-0.4, -0.2) is 16.6 Å². The third-order valence-corrected chi connectivity index (χ3v) is 3.03. The van der Waals surface area contributed by atoms with Gasteiger partial charge in [0.25, 0.3) is 0 Å². The van der Waals surface area contributed by atoms with Crippen LogP contribution in [0.5, 0.6) is 0 Å². The van der Waals surface area contributed by atoms with Crippen molar-refractivity contribution in [2.75, 3.05) is 11.1 Å². The van der Waals surface area contributed by atoms with Gasteiger partial charge in [0, 0.05) is 9.77 Å². The highest BCUT2D eigenvalue weighted by atomic mass is 127. The fraction of sp³-hybridized carbons (Fsp3) is 0.143. The number of carbonyl (C=O) groups excluding carboxylic acids is 1. The lowest BCUT2D eigenvalue weighted by atomic mass is 10.4. The maximum atomic E-state index is 11.0. The molecule has 0 aliphatic carbocycles. The van der Waals surface area contributed by atoms with Gasteiger partial charge in [0.1, 0.15) is 5.03 Å². The highest BCUT2D eigenvalue weighted by Gasteiger charge is 2.15. The zero-order valence-electron chi connectivity index (χ0n) is 6.00. The number of pyridine rings is 1. The van der Waals surface area contributed by atoms with Crippen molar-refractivity contribution in [1.82, 2.24) is 4.98 Å². The highest BCUT2D eigenvalue weighted by Crippen LogP contribution is 2.29. The Kier molecular flexibility index (Phi) is 2.22. The summed E-state index contributed by atoms with van der Waals surface area (Å²) in [5.74, 6) is 0.525. The molecule has 0 unspecified atom stereocenters. The van der Waals surface area contributed by atoms with Gasteiger partial charge in [-0.2, -0.15) is 0 Å². The molecule has 1 N–H and O–H groups in total. The van der Waals surface area contributed by atoms with Gasteiger partial charge in [0.2, 0.25) is 5.91 Å². The molecule has 0 atom stereocenters. The third-order valence-electron chi connectivity index (χ3n) is 1.43. The van der Waals surface area contributed by atoms with E-state index < -0.39 is 0 Å². The maximum absolute atomic E-state index is 11.0. The van der Waals surface area contributed by atoms with E-state index in [0.29, 0.717) is 5.75 Å². The molecule has 0 aromatic carbocycles. The smallest absolute Gasteiger partial charge is 0.234 e. The Morgan fingerprint density at radius 3 is 3.33 bits per heavy atom. The molecule has 1 aromatic heterocycles. The van der Waals surface area contributed by atoms with Crippen molar-refractivity contribution in [3.8, 4) is 0 Å². The Labute approximate surface area is 87.5 Å². The standard InChI is InChI=1S/C7H5IN2OS/c8-4-1-5-7(9-2-4)12-3-6(11)10-5/h1-2H,3H2,(H,10,11). The lowest BCUT2D eigenvalue weighted by Gasteiger charge is -2.14. The molecule has 0 radical (unpaired) electrons. The highest BCUT2D eigenvalue weighted by molar-refractivity contribution is 14.1. The molecule has 0 saturated heterocycles. The van der Waals surface area contributed by atoms with E-state index in [0.717, 1.165) is 14.3 Å². The van der Waals surface area contributed by atoms with Crippen LogP contribution in [0, 0.1) is 3.57 Å². The van der Waals surface area contributed by atoms with Gasteiger partial charge >= 0.3 is 0 Å². The number of anilines is 1. The Balaban J connectivity index is 2.44. The fourth-order valence-electron chi connectivity index (χ4n) is 0.951. The molecule has 62 valence electrons. The minimum Gasteiger partial charge on any atom is -0.323 e. The molecule has 0 fully saturated rings. The van der Waals surface area contributed by atoms with Crippen LogP contribution in [0.1, 0.15) is 0 Å². The number of thioether (sulfide) groups is 1. The first-order valence-corrected chi connectivity index (χ1v) is 5.40. The predicted molar refractivity (Wildman–Crippen MR) is 56.3 cm³/mol. The molecule has 5 heteroatoms. The van der Waals surface area contributed by atoms with Crippen LogP contribution in [0.3, 0.4) is 0 Å². The summed E-state index contributed by atoms with van der Waals surface area (Å²) in [6.45, 7) is 0. The number of aromatic nitrogens is 1. The minimum absolute atomic E-state index is 0.0521. The van der Waals surface area contributed by atoms with E-state index in [1.807, 2.05) is 6.07 Å². The molecule has 0 bridgehead atoms. The van der Waals surface area contributed by atoms with Crippen molar-refractivity contribution >= 4 is 45.9 Å². The Morgan fingerprint density at radius 2 is 2.50 bits per heavy atom. The van der Waals surface area contributed by atoms with E-state index in [4.69, 9.17) is 0 Å². The van der Waals surface area contributed by atoms with Gasteiger partial charge in [0.05, 0.1) is 11.4 Å². The summed E-state index contributed by atoms with van der Waals surface area (Å²) in [5, 5.41) is 3.69. The summed E-state index contributed by atoms with van der Waals surface area (Å²) in [6.07, 6.45) is 1.80. The minimum atomic E-state index is 0.0521. The second-order valence-corrected chi connectivity index (χ2v) is 4.55. The van der Waals surface area contributed by atoms with Gasteiger partial charge in [0.15, 0.2) is 0 Å². The molecule has 1 amide bonds. The van der Waals surface area contributed by atoms with E-state index in [1.165, 1.54) is 11.8 Å². The number of halogens is 1. The van der Waals surface area contributed by atoms with E-state index in [2.05, 4.69) is 32.9 Å². The Hall–Kier alpha value is -0.300. The topological polar surface area (TPSA) is 42.0 Å². The number of hydrogen-bond acceptors (Lipinski definition) is 3. The van der Waals surface area contributed by atoms with Crippen LogP contribution in [0.4, 0.5) is 5.69 Å². The van der Waals surface area contributed by atoms with Crippen LogP contribution in [0.2, 0.25) is 0 Å². The number of nitrogens with one attached hydrogen (secondary N) is 1. The van der Waals surface area contributed by atoms with Crippen LogP contribution >= 0.6 is 34.4 Å². The van der Waals surface area contributed by atoms with Gasteiger partial charge in [-0.25, -0.2) is 4.98 Å². The number of rotatable bonds is 0. The van der Waals surface area contributed by atoms with E-state index >= 15 is 0 Å². The normalized spacial score (nSPS) is 15.2. The number of amides is 1. The van der Waals surface area contributed by atoms with Gasteiger partial charge in [-0.1, -0.05) is 11.8 Å². The molecule has 0 saturated carbocycles. The average molecular weight is 292 g/mol. The number of fused-ring (bicyclic) bond motifs is 1. The molecule has 3 nitrogen and oxygen atoms in total. The lowest BCUT2D eigenvalue weighted by molar-refractivity contribution is -0.113. The van der Waals surface area contributed by atoms with E-state index in [-0.39, 0.29) is 5.91 Å². The average Bonchev–Trinajstić information content (AvgIpc) is 2.03. The summed E-state index contributed by atoms with van der Waals surface area (Å²) in [5.41, 5.74) is 0.836. The molecular formula is C7H5IN2OS. The molecule has 2 heterocycles. The first-order chi connectivity index (χ1) is 5.75. The predicted octanol–water partition coefficient (Wildman–Crippen LogP) is 1.73. The summed E-state index contributed by atoms with van der Waals surface area (Å²) in [4.78, 5) is 15.2. The molecule has 0 spiro atoms. The monoisotopic (exact) mass is 292 g/mol. The van der Waals surface area contributed by atoms with Crippen LogP contribution in [-0.2, 0) is 4.79 Å². The molecule has 12 heavy (non-hydrogen) atoms. The maximum Gasteiger partial charge on any atom is 0.234 e. The van der Waals surface area contributed by atoms with Crippen molar-refractivity contribution in [2.45, 2.75) is 5.03 Å². The zero-order chi connectivity index (χ0) is 8.55.